The molecular formula is C19H17FN4O. The number of amides is 1. The molecule has 25 heavy (non-hydrogen) atoms. The molecule has 0 fully saturated rings. The van der Waals surface area contributed by atoms with Crippen molar-refractivity contribution in [3.05, 3.63) is 70.9 Å². The molecule has 6 heteroatoms. The molecule has 126 valence electrons. The number of rotatable bonds is 2. The number of fused-ring (bicyclic) bond motifs is 1. The van der Waals surface area contributed by atoms with Crippen LogP contribution in [0.1, 0.15) is 27.2 Å². The third-order valence-corrected chi connectivity index (χ3v) is 4.46. The molecule has 0 atom stereocenters. The van der Waals surface area contributed by atoms with Crippen LogP contribution in [0.2, 0.25) is 0 Å². The number of nitrogens with zero attached hydrogens (tertiary/aromatic N) is 3. The van der Waals surface area contributed by atoms with E-state index in [1.165, 1.54) is 12.1 Å². The van der Waals surface area contributed by atoms with Crippen molar-refractivity contribution in [3.63, 3.8) is 0 Å². The average Bonchev–Trinajstić information content (AvgIpc) is 3.05. The molecular weight excluding hydrogens is 319 g/mol. The third kappa shape index (κ3) is 2.91. The second-order valence-electron chi connectivity index (χ2n) is 6.26. The lowest BCUT2D eigenvalue weighted by atomic mass is 10.0. The molecule has 0 unspecified atom stereocenters. The van der Waals surface area contributed by atoms with Gasteiger partial charge in [-0.25, -0.2) is 4.39 Å². The fraction of sp³-hybridized carbons (Fsp3) is 0.211. The molecule has 1 aliphatic heterocycles. The van der Waals surface area contributed by atoms with Gasteiger partial charge in [0.1, 0.15) is 5.82 Å². The predicted molar refractivity (Wildman–Crippen MR) is 91.4 cm³/mol. The molecule has 4 rings (SSSR count). The van der Waals surface area contributed by atoms with Gasteiger partial charge in [0, 0.05) is 48.7 Å². The van der Waals surface area contributed by atoms with E-state index >= 15 is 0 Å². The number of carbonyl (C=O) groups is 1. The minimum absolute atomic E-state index is 0.0342. The zero-order chi connectivity index (χ0) is 17.4. The SMILES string of the molecule is Cc1cncc(C(=O)N2CCc3[nH]nc(-c4ccc(F)cc4)c3C2)c1. The van der Waals surface area contributed by atoms with Gasteiger partial charge in [-0.15, -0.1) is 0 Å². The van der Waals surface area contributed by atoms with E-state index in [1.807, 2.05) is 13.0 Å². The number of aromatic amines is 1. The van der Waals surface area contributed by atoms with Crippen LogP contribution in [0.15, 0.2) is 42.7 Å². The average molecular weight is 336 g/mol. The van der Waals surface area contributed by atoms with E-state index < -0.39 is 0 Å². The van der Waals surface area contributed by atoms with Crippen molar-refractivity contribution in [2.45, 2.75) is 19.9 Å². The summed E-state index contributed by atoms with van der Waals surface area (Å²) in [5.41, 5.74) is 5.19. The number of benzene rings is 1. The maximum atomic E-state index is 13.2. The smallest absolute Gasteiger partial charge is 0.255 e. The Labute approximate surface area is 144 Å². The first kappa shape index (κ1) is 15.5. The van der Waals surface area contributed by atoms with Crippen molar-refractivity contribution < 1.29 is 9.18 Å². The first-order chi connectivity index (χ1) is 12.1. The highest BCUT2D eigenvalue weighted by atomic mass is 19.1. The largest absolute Gasteiger partial charge is 0.334 e. The molecule has 5 nitrogen and oxygen atoms in total. The standard InChI is InChI=1S/C19H17FN4O/c1-12-8-14(10-21-9-12)19(25)24-7-6-17-16(11-24)18(23-22-17)13-2-4-15(20)5-3-13/h2-5,8-10H,6-7,11H2,1H3,(H,22,23). The molecule has 1 amide bonds. The maximum absolute atomic E-state index is 13.2. The number of H-pyrrole nitrogens is 1. The Hall–Kier alpha value is -3.02. The molecule has 3 heterocycles. The molecule has 0 saturated carbocycles. The highest BCUT2D eigenvalue weighted by molar-refractivity contribution is 5.94. The van der Waals surface area contributed by atoms with Gasteiger partial charge in [-0.1, -0.05) is 0 Å². The molecule has 0 aliphatic carbocycles. The Balaban J connectivity index is 1.63. The number of halogens is 1. The lowest BCUT2D eigenvalue weighted by Crippen LogP contribution is -2.36. The number of pyridine rings is 1. The second-order valence-corrected chi connectivity index (χ2v) is 6.26. The monoisotopic (exact) mass is 336 g/mol. The van der Waals surface area contributed by atoms with Crippen LogP contribution in [0.4, 0.5) is 4.39 Å². The minimum Gasteiger partial charge on any atom is -0.334 e. The maximum Gasteiger partial charge on any atom is 0.255 e. The number of hydrogen-bond acceptors (Lipinski definition) is 3. The molecule has 3 aromatic rings. The Morgan fingerprint density at radius 2 is 2.04 bits per heavy atom. The van der Waals surface area contributed by atoms with Gasteiger partial charge in [-0.2, -0.15) is 5.10 Å². The summed E-state index contributed by atoms with van der Waals surface area (Å²) >= 11 is 0. The molecule has 1 aliphatic rings. The summed E-state index contributed by atoms with van der Waals surface area (Å²) in [6.07, 6.45) is 4.05. The van der Waals surface area contributed by atoms with Crippen LogP contribution in [0.3, 0.4) is 0 Å². The van der Waals surface area contributed by atoms with Gasteiger partial charge in [0.15, 0.2) is 0 Å². The summed E-state index contributed by atoms with van der Waals surface area (Å²) in [6.45, 7) is 3.02. The lowest BCUT2D eigenvalue weighted by Gasteiger charge is -2.27. The van der Waals surface area contributed by atoms with Crippen molar-refractivity contribution in [3.8, 4) is 11.3 Å². The van der Waals surface area contributed by atoms with E-state index in [4.69, 9.17) is 0 Å². The zero-order valence-electron chi connectivity index (χ0n) is 13.8. The molecule has 0 radical (unpaired) electrons. The fourth-order valence-electron chi connectivity index (χ4n) is 3.17. The van der Waals surface area contributed by atoms with E-state index in [-0.39, 0.29) is 11.7 Å². The molecule has 0 spiro atoms. The number of aryl methyl sites for hydroxylation is 1. The summed E-state index contributed by atoms with van der Waals surface area (Å²) in [5, 5.41) is 7.43. The number of carbonyl (C=O) groups excluding carboxylic acids is 1. The summed E-state index contributed by atoms with van der Waals surface area (Å²) in [6, 6.07) is 8.09. The van der Waals surface area contributed by atoms with Gasteiger partial charge in [0.05, 0.1) is 11.3 Å². The summed E-state index contributed by atoms with van der Waals surface area (Å²) in [5.74, 6) is -0.315. The van der Waals surface area contributed by atoms with Gasteiger partial charge in [0.2, 0.25) is 0 Å². The quantitative estimate of drug-likeness (QED) is 0.782. The van der Waals surface area contributed by atoms with Gasteiger partial charge in [-0.05, 0) is 42.8 Å². The van der Waals surface area contributed by atoms with Crippen molar-refractivity contribution in [2.75, 3.05) is 6.54 Å². The zero-order valence-corrected chi connectivity index (χ0v) is 13.8. The molecule has 1 aromatic carbocycles. The van der Waals surface area contributed by atoms with Gasteiger partial charge >= 0.3 is 0 Å². The van der Waals surface area contributed by atoms with E-state index in [0.717, 1.165) is 28.1 Å². The second kappa shape index (κ2) is 6.12. The third-order valence-electron chi connectivity index (χ3n) is 4.46. The van der Waals surface area contributed by atoms with Crippen LogP contribution in [0, 0.1) is 12.7 Å². The first-order valence-corrected chi connectivity index (χ1v) is 8.15. The van der Waals surface area contributed by atoms with Gasteiger partial charge in [-0.3, -0.25) is 14.9 Å². The Morgan fingerprint density at radius 3 is 2.80 bits per heavy atom. The van der Waals surface area contributed by atoms with Crippen molar-refractivity contribution in [2.24, 2.45) is 0 Å². The van der Waals surface area contributed by atoms with Crippen LogP contribution >= 0.6 is 0 Å². The summed E-state index contributed by atoms with van der Waals surface area (Å²) in [4.78, 5) is 18.7. The number of hydrogen-bond donors (Lipinski definition) is 1. The van der Waals surface area contributed by atoms with Gasteiger partial charge in [0.25, 0.3) is 5.91 Å². The van der Waals surface area contributed by atoms with Crippen molar-refractivity contribution in [1.29, 1.82) is 0 Å². The summed E-state index contributed by atoms with van der Waals surface area (Å²) < 4.78 is 13.2. The lowest BCUT2D eigenvalue weighted by molar-refractivity contribution is 0.0734. The van der Waals surface area contributed by atoms with Crippen LogP contribution < -0.4 is 0 Å². The van der Waals surface area contributed by atoms with Crippen LogP contribution in [-0.4, -0.2) is 32.5 Å². The van der Waals surface area contributed by atoms with E-state index in [9.17, 15) is 9.18 Å². The first-order valence-electron chi connectivity index (χ1n) is 8.15. The van der Waals surface area contributed by atoms with Crippen molar-refractivity contribution in [1.82, 2.24) is 20.1 Å². The molecule has 1 N–H and O–H groups in total. The van der Waals surface area contributed by atoms with Crippen LogP contribution in [-0.2, 0) is 13.0 Å². The number of aromatic nitrogens is 3. The van der Waals surface area contributed by atoms with E-state index in [0.29, 0.717) is 25.1 Å². The predicted octanol–water partition coefficient (Wildman–Crippen LogP) is 3.12. The van der Waals surface area contributed by atoms with Gasteiger partial charge < -0.3 is 4.90 Å². The fourth-order valence-corrected chi connectivity index (χ4v) is 3.17. The normalized spacial score (nSPS) is 13.6. The van der Waals surface area contributed by atoms with Crippen molar-refractivity contribution >= 4 is 5.91 Å². The summed E-state index contributed by atoms with van der Waals surface area (Å²) in [7, 11) is 0. The van der Waals surface area contributed by atoms with Crippen LogP contribution in [0.25, 0.3) is 11.3 Å². The Bertz CT molecular complexity index is 933. The Morgan fingerprint density at radius 1 is 1.24 bits per heavy atom. The number of nitrogens with one attached hydrogen (secondary N) is 1. The topological polar surface area (TPSA) is 61.9 Å². The highest BCUT2D eigenvalue weighted by Gasteiger charge is 2.26. The molecule has 0 bridgehead atoms. The van der Waals surface area contributed by atoms with E-state index in [1.54, 1.807) is 29.4 Å². The molecule has 0 saturated heterocycles. The Kier molecular flexibility index (Phi) is 3.80. The minimum atomic E-state index is -0.281. The highest BCUT2D eigenvalue weighted by Crippen LogP contribution is 2.29. The van der Waals surface area contributed by atoms with E-state index in [2.05, 4.69) is 15.2 Å². The molecule has 2 aromatic heterocycles. The van der Waals surface area contributed by atoms with Crippen LogP contribution in [0.5, 0.6) is 0 Å².